The lowest BCUT2D eigenvalue weighted by molar-refractivity contribution is -0.0633. The average molecular weight is 188 g/mol. The third kappa shape index (κ3) is 4.07. The molecule has 1 heterocycles. The van der Waals surface area contributed by atoms with Crippen molar-refractivity contribution < 1.29 is 14.6 Å². The average Bonchev–Trinajstić information content (AvgIpc) is 2.54. The number of ether oxygens (including phenoxy) is 2. The molecular weight excluding hydrogens is 168 g/mol. The van der Waals surface area contributed by atoms with Crippen LogP contribution in [-0.2, 0) is 9.47 Å². The van der Waals surface area contributed by atoms with E-state index >= 15 is 0 Å². The highest BCUT2D eigenvalue weighted by molar-refractivity contribution is 4.65. The maximum Gasteiger partial charge on any atom is 0.158 e. The second-order valence-corrected chi connectivity index (χ2v) is 3.53. The summed E-state index contributed by atoms with van der Waals surface area (Å²) in [5.74, 6) is 0. The first-order valence-corrected chi connectivity index (χ1v) is 5.24. The molecule has 0 bridgehead atoms. The van der Waals surface area contributed by atoms with Crippen molar-refractivity contribution in [3.8, 4) is 0 Å². The third-order valence-electron chi connectivity index (χ3n) is 2.27. The maximum absolute atomic E-state index is 8.60. The van der Waals surface area contributed by atoms with E-state index in [0.29, 0.717) is 0 Å². The normalized spacial score (nSPS) is 28.2. The number of aliphatic hydroxyl groups is 1. The molecule has 0 aliphatic carbocycles. The topological polar surface area (TPSA) is 38.7 Å². The molecule has 3 heteroatoms. The van der Waals surface area contributed by atoms with Gasteiger partial charge in [-0.2, -0.15) is 0 Å². The van der Waals surface area contributed by atoms with Crippen LogP contribution >= 0.6 is 0 Å². The second kappa shape index (κ2) is 6.35. The van der Waals surface area contributed by atoms with Gasteiger partial charge in [0.15, 0.2) is 6.29 Å². The van der Waals surface area contributed by atoms with Crippen molar-refractivity contribution in [2.75, 3.05) is 13.2 Å². The first kappa shape index (κ1) is 11.0. The van der Waals surface area contributed by atoms with E-state index in [1.54, 1.807) is 0 Å². The molecule has 2 atom stereocenters. The largest absolute Gasteiger partial charge is 0.396 e. The highest BCUT2D eigenvalue weighted by Gasteiger charge is 2.24. The minimum absolute atomic E-state index is 0.0316. The van der Waals surface area contributed by atoms with E-state index in [0.717, 1.165) is 38.7 Å². The molecule has 0 unspecified atom stereocenters. The molecule has 3 nitrogen and oxygen atoms in total. The molecule has 0 amide bonds. The SMILES string of the molecule is CCC[C@@H]1OC[C@H](CCCCO)O1. The molecule has 0 saturated carbocycles. The van der Waals surface area contributed by atoms with E-state index < -0.39 is 0 Å². The van der Waals surface area contributed by atoms with Crippen molar-refractivity contribution in [3.05, 3.63) is 0 Å². The molecule has 0 aromatic heterocycles. The Bertz CT molecular complexity index is 127. The van der Waals surface area contributed by atoms with Crippen LogP contribution in [-0.4, -0.2) is 30.7 Å². The Morgan fingerprint density at radius 1 is 1.31 bits per heavy atom. The predicted octanol–water partition coefficient (Wildman–Crippen LogP) is 1.69. The lowest BCUT2D eigenvalue weighted by Crippen LogP contribution is -2.12. The number of aliphatic hydroxyl groups excluding tert-OH is 1. The van der Waals surface area contributed by atoms with Crippen molar-refractivity contribution in [1.29, 1.82) is 0 Å². The Kier molecular flexibility index (Phi) is 5.35. The van der Waals surface area contributed by atoms with Gasteiger partial charge in [0.1, 0.15) is 0 Å². The Hall–Kier alpha value is -0.120. The van der Waals surface area contributed by atoms with Crippen molar-refractivity contribution >= 4 is 0 Å². The zero-order valence-electron chi connectivity index (χ0n) is 8.37. The number of rotatable bonds is 6. The molecule has 1 N–H and O–H groups in total. The molecule has 1 rings (SSSR count). The monoisotopic (exact) mass is 188 g/mol. The smallest absolute Gasteiger partial charge is 0.158 e. The lowest BCUT2D eigenvalue weighted by atomic mass is 10.2. The van der Waals surface area contributed by atoms with Crippen LogP contribution in [0, 0.1) is 0 Å². The van der Waals surface area contributed by atoms with Gasteiger partial charge in [-0.3, -0.25) is 0 Å². The van der Waals surface area contributed by atoms with Crippen LogP contribution < -0.4 is 0 Å². The summed E-state index contributed by atoms with van der Waals surface area (Å²) in [5, 5.41) is 8.60. The fourth-order valence-corrected chi connectivity index (χ4v) is 1.53. The summed E-state index contributed by atoms with van der Waals surface area (Å²) < 4.78 is 11.1. The van der Waals surface area contributed by atoms with Crippen LogP contribution in [0.4, 0.5) is 0 Å². The lowest BCUT2D eigenvalue weighted by Gasteiger charge is -2.09. The summed E-state index contributed by atoms with van der Waals surface area (Å²) in [6.07, 6.45) is 5.32. The fourth-order valence-electron chi connectivity index (χ4n) is 1.53. The van der Waals surface area contributed by atoms with Gasteiger partial charge in [-0.1, -0.05) is 13.3 Å². The molecule has 1 saturated heterocycles. The summed E-state index contributed by atoms with van der Waals surface area (Å²) in [5.41, 5.74) is 0. The summed E-state index contributed by atoms with van der Waals surface area (Å²) in [6, 6.07) is 0. The summed E-state index contributed by atoms with van der Waals surface area (Å²) in [6.45, 7) is 3.15. The third-order valence-corrected chi connectivity index (χ3v) is 2.27. The molecule has 1 aliphatic rings. The van der Waals surface area contributed by atoms with Crippen molar-refractivity contribution in [1.82, 2.24) is 0 Å². The highest BCUT2D eigenvalue weighted by atomic mass is 16.7. The maximum atomic E-state index is 8.60. The number of hydrogen-bond acceptors (Lipinski definition) is 3. The van der Waals surface area contributed by atoms with Crippen LogP contribution in [0.1, 0.15) is 39.0 Å². The van der Waals surface area contributed by atoms with Crippen LogP contribution in [0.3, 0.4) is 0 Å². The Balaban J connectivity index is 2.03. The first-order valence-electron chi connectivity index (χ1n) is 5.24. The van der Waals surface area contributed by atoms with E-state index in [1.165, 1.54) is 0 Å². The number of hydrogen-bond donors (Lipinski definition) is 1. The molecular formula is C10H20O3. The molecule has 13 heavy (non-hydrogen) atoms. The van der Waals surface area contributed by atoms with Gasteiger partial charge in [-0.25, -0.2) is 0 Å². The summed E-state index contributed by atoms with van der Waals surface area (Å²) in [7, 11) is 0. The van der Waals surface area contributed by atoms with Crippen molar-refractivity contribution in [2.24, 2.45) is 0 Å². The Morgan fingerprint density at radius 2 is 2.15 bits per heavy atom. The molecule has 0 spiro atoms. The van der Waals surface area contributed by atoms with Gasteiger partial charge in [-0.15, -0.1) is 0 Å². The number of unbranched alkanes of at least 4 members (excludes halogenated alkanes) is 1. The molecule has 0 aromatic rings. The van der Waals surface area contributed by atoms with E-state index in [4.69, 9.17) is 14.6 Å². The molecule has 1 fully saturated rings. The minimum atomic E-state index is 0.0316. The van der Waals surface area contributed by atoms with Crippen LogP contribution in [0.15, 0.2) is 0 Å². The van der Waals surface area contributed by atoms with E-state index in [2.05, 4.69) is 6.92 Å². The van der Waals surface area contributed by atoms with Gasteiger partial charge in [0.25, 0.3) is 0 Å². The Labute approximate surface area is 80.0 Å². The van der Waals surface area contributed by atoms with E-state index in [9.17, 15) is 0 Å². The quantitative estimate of drug-likeness (QED) is 0.645. The standard InChI is InChI=1S/C10H20O3/c1-2-5-10-12-8-9(13-10)6-3-4-7-11/h9-11H,2-8H2,1H3/t9-,10+/m0/s1. The van der Waals surface area contributed by atoms with Gasteiger partial charge in [0.2, 0.25) is 0 Å². The molecule has 1 aliphatic heterocycles. The van der Waals surface area contributed by atoms with Crippen molar-refractivity contribution in [3.63, 3.8) is 0 Å². The predicted molar refractivity (Wildman–Crippen MR) is 50.5 cm³/mol. The van der Waals surface area contributed by atoms with Gasteiger partial charge >= 0.3 is 0 Å². The van der Waals surface area contributed by atoms with Gasteiger partial charge < -0.3 is 14.6 Å². The minimum Gasteiger partial charge on any atom is -0.396 e. The van der Waals surface area contributed by atoms with Gasteiger partial charge in [-0.05, 0) is 25.7 Å². The van der Waals surface area contributed by atoms with Gasteiger partial charge in [0, 0.05) is 6.61 Å². The van der Waals surface area contributed by atoms with Crippen LogP contribution in [0.2, 0.25) is 0 Å². The molecule has 78 valence electrons. The fraction of sp³-hybridized carbons (Fsp3) is 1.00. The highest BCUT2D eigenvalue weighted by Crippen LogP contribution is 2.19. The van der Waals surface area contributed by atoms with E-state index in [1.807, 2.05) is 0 Å². The Morgan fingerprint density at radius 3 is 2.85 bits per heavy atom. The zero-order chi connectivity index (χ0) is 9.52. The molecule has 0 aromatic carbocycles. The summed E-state index contributed by atoms with van der Waals surface area (Å²) >= 11 is 0. The first-order chi connectivity index (χ1) is 6.36. The van der Waals surface area contributed by atoms with E-state index in [-0.39, 0.29) is 19.0 Å². The zero-order valence-corrected chi connectivity index (χ0v) is 8.37. The van der Waals surface area contributed by atoms with Crippen LogP contribution in [0.5, 0.6) is 0 Å². The van der Waals surface area contributed by atoms with Crippen LogP contribution in [0.25, 0.3) is 0 Å². The molecule has 0 radical (unpaired) electrons. The van der Waals surface area contributed by atoms with Crippen molar-refractivity contribution in [2.45, 2.75) is 51.4 Å². The summed E-state index contributed by atoms with van der Waals surface area (Å²) in [4.78, 5) is 0. The van der Waals surface area contributed by atoms with Gasteiger partial charge in [0.05, 0.1) is 12.7 Å². The second-order valence-electron chi connectivity index (χ2n) is 3.53.